The molecule has 0 aliphatic carbocycles. The van der Waals surface area contributed by atoms with Crippen molar-refractivity contribution in [3.63, 3.8) is 0 Å². The highest BCUT2D eigenvalue weighted by atomic mass is 16.7. The van der Waals surface area contributed by atoms with Crippen molar-refractivity contribution >= 4 is 5.91 Å². The highest BCUT2D eigenvalue weighted by Crippen LogP contribution is 2.28. The number of hydrogen-bond donors (Lipinski definition) is 0. The first-order chi connectivity index (χ1) is 18.1. The molecule has 0 bridgehead atoms. The van der Waals surface area contributed by atoms with E-state index in [4.69, 9.17) is 4.74 Å². The fourth-order valence-corrected chi connectivity index (χ4v) is 5.00. The Morgan fingerprint density at radius 2 is 1.76 bits per heavy atom. The van der Waals surface area contributed by atoms with Crippen LogP contribution in [0.5, 0.6) is 5.75 Å². The van der Waals surface area contributed by atoms with Crippen LogP contribution in [-0.4, -0.2) is 23.9 Å². The third-order valence-electron chi connectivity index (χ3n) is 7.19. The molecule has 1 aliphatic rings. The maximum atomic E-state index is 13.2. The van der Waals surface area contributed by atoms with E-state index in [0.717, 1.165) is 71.0 Å². The Bertz CT molecular complexity index is 1180. The van der Waals surface area contributed by atoms with Gasteiger partial charge in [-0.25, -0.2) is 0 Å². The molecule has 1 amide bonds. The van der Waals surface area contributed by atoms with Gasteiger partial charge in [0.1, 0.15) is 19.0 Å². The number of rotatable bonds is 11. The third kappa shape index (κ3) is 7.19. The lowest BCUT2D eigenvalue weighted by molar-refractivity contribution is 0.0686. The lowest BCUT2D eigenvalue weighted by Crippen LogP contribution is -2.38. The van der Waals surface area contributed by atoms with Gasteiger partial charge < -0.3 is 14.5 Å². The second-order valence-corrected chi connectivity index (χ2v) is 9.89. The number of carbonyl (C=O) groups excluding carboxylic acids is 1. The van der Waals surface area contributed by atoms with Crippen LogP contribution in [0.15, 0.2) is 72.1 Å². The van der Waals surface area contributed by atoms with Gasteiger partial charge in [0, 0.05) is 18.7 Å². The number of ether oxygens (including phenoxy) is 1. The molecule has 37 heavy (non-hydrogen) atoms. The van der Waals surface area contributed by atoms with E-state index in [0.29, 0.717) is 6.61 Å². The minimum atomic E-state index is 0.144. The van der Waals surface area contributed by atoms with E-state index in [1.54, 1.807) is 0 Å². The Morgan fingerprint density at radius 1 is 0.973 bits per heavy atom. The van der Waals surface area contributed by atoms with Crippen LogP contribution in [0.4, 0.5) is 0 Å². The molecule has 3 aromatic rings. The van der Waals surface area contributed by atoms with Gasteiger partial charge >= 0.3 is 0 Å². The average molecular weight is 501 g/mol. The van der Waals surface area contributed by atoms with Crippen LogP contribution in [0, 0.1) is 17.7 Å². The summed E-state index contributed by atoms with van der Waals surface area (Å²) in [6, 6.07) is 21.7. The van der Waals surface area contributed by atoms with Crippen molar-refractivity contribution < 1.29 is 14.4 Å². The molecule has 0 saturated carbocycles. The molecule has 1 heterocycles. The molecule has 6 heteroatoms. The number of benzene rings is 3. The summed E-state index contributed by atoms with van der Waals surface area (Å²) in [7, 11) is 0. The molecule has 4 rings (SSSR count). The number of amides is 1. The fraction of sp³-hybridized carbons (Fsp3) is 0.387. The minimum absolute atomic E-state index is 0.144. The van der Waals surface area contributed by atoms with Gasteiger partial charge in [0.25, 0.3) is 5.91 Å². The number of unbranched alkanes of at least 4 members (excludes halogenated alkanes) is 1. The summed E-state index contributed by atoms with van der Waals surface area (Å²) < 4.78 is 5.94. The standard InChI is InChI=1S/C31H36N2O4/c1-3-4-6-24-15-17-33(18-16-24)31(34)28-11-14-30(23(2)19-28)27-8-5-7-26(20-27)21-36-29-12-9-25(10-13-29)22-37-32-35/h5,7-14,19-20,24H,3-4,6,15-18,21-22H2,1-2H3. The van der Waals surface area contributed by atoms with Crippen molar-refractivity contribution in [3.8, 4) is 16.9 Å². The number of piperidine rings is 1. The predicted octanol–water partition coefficient (Wildman–Crippen LogP) is 7.48. The van der Waals surface area contributed by atoms with E-state index in [1.807, 2.05) is 53.4 Å². The van der Waals surface area contributed by atoms with Gasteiger partial charge in [-0.15, -0.1) is 4.91 Å². The van der Waals surface area contributed by atoms with Crippen molar-refractivity contribution in [2.45, 2.75) is 59.2 Å². The summed E-state index contributed by atoms with van der Waals surface area (Å²) in [5.41, 5.74) is 5.98. The number of aryl methyl sites for hydroxylation is 1. The van der Waals surface area contributed by atoms with Crippen molar-refractivity contribution in [3.05, 3.63) is 93.9 Å². The summed E-state index contributed by atoms with van der Waals surface area (Å²) in [4.78, 5) is 29.8. The SMILES string of the molecule is CCCCC1CCN(C(=O)c2ccc(-c3cccc(COc4ccc(CON=O)cc4)c3)c(C)c2)CC1. The molecule has 0 aromatic heterocycles. The molecule has 0 atom stereocenters. The van der Waals surface area contributed by atoms with E-state index in [-0.39, 0.29) is 12.5 Å². The van der Waals surface area contributed by atoms with Crippen LogP contribution in [0.2, 0.25) is 0 Å². The smallest absolute Gasteiger partial charge is 0.253 e. The van der Waals surface area contributed by atoms with Crippen LogP contribution in [0.25, 0.3) is 11.1 Å². The largest absolute Gasteiger partial charge is 0.489 e. The van der Waals surface area contributed by atoms with Crippen molar-refractivity contribution in [2.75, 3.05) is 13.1 Å². The molecule has 3 aromatic carbocycles. The molecular formula is C31H36N2O4. The Hall–Kier alpha value is -3.67. The highest BCUT2D eigenvalue weighted by molar-refractivity contribution is 5.95. The number of hydrogen-bond acceptors (Lipinski definition) is 5. The van der Waals surface area contributed by atoms with Gasteiger partial charge in [0.2, 0.25) is 0 Å². The van der Waals surface area contributed by atoms with Gasteiger partial charge in [0.15, 0.2) is 5.34 Å². The molecule has 0 unspecified atom stereocenters. The number of nitrogens with zero attached hydrogens (tertiary/aromatic N) is 2. The Labute approximate surface area is 219 Å². The Morgan fingerprint density at radius 3 is 2.46 bits per heavy atom. The number of likely N-dealkylation sites (tertiary alicyclic amines) is 1. The first-order valence-electron chi connectivity index (χ1n) is 13.2. The molecule has 0 N–H and O–H groups in total. The van der Waals surface area contributed by atoms with Crippen LogP contribution in [0.1, 0.15) is 66.1 Å². The van der Waals surface area contributed by atoms with E-state index in [2.05, 4.69) is 42.2 Å². The van der Waals surface area contributed by atoms with E-state index in [1.165, 1.54) is 19.3 Å². The Kier molecular flexibility index (Phi) is 9.30. The molecule has 1 aliphatic heterocycles. The quantitative estimate of drug-likeness (QED) is 0.202. The van der Waals surface area contributed by atoms with Crippen molar-refractivity contribution in [1.29, 1.82) is 0 Å². The van der Waals surface area contributed by atoms with Crippen molar-refractivity contribution in [1.82, 2.24) is 4.90 Å². The first kappa shape index (κ1) is 26.4. The van der Waals surface area contributed by atoms with E-state index >= 15 is 0 Å². The normalized spacial score (nSPS) is 13.8. The molecule has 1 fully saturated rings. The molecule has 194 valence electrons. The molecule has 6 nitrogen and oxygen atoms in total. The highest BCUT2D eigenvalue weighted by Gasteiger charge is 2.23. The Balaban J connectivity index is 1.37. The zero-order valence-electron chi connectivity index (χ0n) is 21.8. The minimum Gasteiger partial charge on any atom is -0.489 e. The maximum Gasteiger partial charge on any atom is 0.253 e. The van der Waals surface area contributed by atoms with Crippen LogP contribution < -0.4 is 4.74 Å². The molecule has 0 radical (unpaired) electrons. The summed E-state index contributed by atoms with van der Waals surface area (Å²) in [5, 5.41) is 2.41. The molecule has 0 spiro atoms. The summed E-state index contributed by atoms with van der Waals surface area (Å²) in [5.74, 6) is 1.65. The van der Waals surface area contributed by atoms with Crippen LogP contribution in [0.3, 0.4) is 0 Å². The van der Waals surface area contributed by atoms with Gasteiger partial charge in [-0.05, 0) is 83.8 Å². The predicted molar refractivity (Wildman–Crippen MR) is 146 cm³/mol. The molecular weight excluding hydrogens is 464 g/mol. The van der Waals surface area contributed by atoms with Gasteiger partial charge in [-0.2, -0.15) is 0 Å². The lowest BCUT2D eigenvalue weighted by Gasteiger charge is -2.32. The van der Waals surface area contributed by atoms with E-state index < -0.39 is 0 Å². The van der Waals surface area contributed by atoms with Crippen LogP contribution >= 0.6 is 0 Å². The third-order valence-corrected chi connectivity index (χ3v) is 7.19. The van der Waals surface area contributed by atoms with Gasteiger partial charge in [0.05, 0.1) is 0 Å². The average Bonchev–Trinajstić information content (AvgIpc) is 2.94. The first-order valence-corrected chi connectivity index (χ1v) is 13.2. The van der Waals surface area contributed by atoms with E-state index in [9.17, 15) is 9.70 Å². The van der Waals surface area contributed by atoms with Gasteiger partial charge in [-0.3, -0.25) is 4.79 Å². The summed E-state index contributed by atoms with van der Waals surface area (Å²) in [6.45, 7) is 6.61. The lowest BCUT2D eigenvalue weighted by atomic mass is 9.91. The van der Waals surface area contributed by atoms with Gasteiger partial charge in [-0.1, -0.05) is 62.6 Å². The van der Waals surface area contributed by atoms with Crippen LogP contribution in [-0.2, 0) is 18.1 Å². The zero-order chi connectivity index (χ0) is 26.0. The maximum absolute atomic E-state index is 13.2. The topological polar surface area (TPSA) is 68.2 Å². The summed E-state index contributed by atoms with van der Waals surface area (Å²) >= 11 is 0. The second kappa shape index (κ2) is 13.0. The molecule has 1 saturated heterocycles. The number of carbonyl (C=O) groups is 1. The summed E-state index contributed by atoms with van der Waals surface area (Å²) in [6.07, 6.45) is 6.06. The fourth-order valence-electron chi connectivity index (χ4n) is 5.00. The van der Waals surface area contributed by atoms with Crippen molar-refractivity contribution in [2.24, 2.45) is 11.3 Å². The second-order valence-electron chi connectivity index (χ2n) is 9.89. The zero-order valence-corrected chi connectivity index (χ0v) is 21.8. The monoisotopic (exact) mass is 500 g/mol.